The lowest BCUT2D eigenvalue weighted by Crippen LogP contribution is -2.36. The Hall–Kier alpha value is -0.860. The highest BCUT2D eigenvalue weighted by atomic mass is 15.1. The van der Waals surface area contributed by atoms with Crippen LogP contribution in [0.3, 0.4) is 0 Å². The number of aryl methyl sites for hydroxylation is 2. The minimum absolute atomic E-state index is 0.454. The number of likely N-dealkylation sites (N-methyl/N-ethyl adjacent to an activating group) is 1. The van der Waals surface area contributed by atoms with Gasteiger partial charge in [-0.15, -0.1) is 0 Å². The van der Waals surface area contributed by atoms with Gasteiger partial charge in [0, 0.05) is 12.6 Å². The van der Waals surface area contributed by atoms with Crippen LogP contribution in [0.5, 0.6) is 0 Å². The lowest BCUT2D eigenvalue weighted by atomic mass is 9.98. The Morgan fingerprint density at radius 2 is 1.70 bits per heavy atom. The van der Waals surface area contributed by atoms with Crippen LogP contribution in [0.15, 0.2) is 18.2 Å². The molecule has 0 aromatic heterocycles. The first-order valence-corrected chi connectivity index (χ1v) is 8.17. The summed E-state index contributed by atoms with van der Waals surface area (Å²) in [6.07, 6.45) is 6.97. The molecular formula is C18H30N2. The van der Waals surface area contributed by atoms with Crippen molar-refractivity contribution in [2.45, 2.75) is 52.0 Å². The van der Waals surface area contributed by atoms with Crippen LogP contribution in [0.4, 0.5) is 0 Å². The molecule has 2 rings (SSSR count). The van der Waals surface area contributed by atoms with Crippen molar-refractivity contribution in [2.75, 3.05) is 26.7 Å². The highest BCUT2D eigenvalue weighted by Gasteiger charge is 2.17. The molecule has 0 aliphatic carbocycles. The zero-order valence-corrected chi connectivity index (χ0v) is 13.4. The first kappa shape index (κ1) is 15.5. The fraction of sp³-hybridized carbons (Fsp3) is 0.667. The van der Waals surface area contributed by atoms with E-state index in [1.54, 1.807) is 0 Å². The van der Waals surface area contributed by atoms with Crippen LogP contribution < -0.4 is 5.32 Å². The van der Waals surface area contributed by atoms with Gasteiger partial charge in [0.25, 0.3) is 0 Å². The summed E-state index contributed by atoms with van der Waals surface area (Å²) in [6.45, 7) is 8.08. The van der Waals surface area contributed by atoms with Gasteiger partial charge in [0.15, 0.2) is 0 Å². The normalized spacial score (nSPS) is 19.4. The number of rotatable bonds is 4. The van der Waals surface area contributed by atoms with Gasteiger partial charge in [-0.1, -0.05) is 43.0 Å². The van der Waals surface area contributed by atoms with Crippen molar-refractivity contribution in [3.8, 4) is 0 Å². The SMILES string of the molecule is CNC(CN1CCCCCCC1)c1ccc(C)cc1C. The first-order valence-electron chi connectivity index (χ1n) is 8.17. The highest BCUT2D eigenvalue weighted by Crippen LogP contribution is 2.21. The minimum Gasteiger partial charge on any atom is -0.312 e. The third-order valence-corrected chi connectivity index (χ3v) is 4.54. The lowest BCUT2D eigenvalue weighted by molar-refractivity contribution is 0.225. The number of nitrogens with one attached hydrogen (secondary N) is 1. The summed E-state index contributed by atoms with van der Waals surface area (Å²) in [7, 11) is 2.09. The van der Waals surface area contributed by atoms with Gasteiger partial charge >= 0.3 is 0 Å². The first-order chi connectivity index (χ1) is 9.70. The molecule has 1 fully saturated rings. The van der Waals surface area contributed by atoms with Crippen LogP contribution in [0.25, 0.3) is 0 Å². The molecule has 1 aromatic rings. The third kappa shape index (κ3) is 4.32. The smallest absolute Gasteiger partial charge is 0.0449 e. The molecule has 1 atom stereocenters. The van der Waals surface area contributed by atoms with Gasteiger partial charge in [-0.2, -0.15) is 0 Å². The highest BCUT2D eigenvalue weighted by molar-refractivity contribution is 5.33. The van der Waals surface area contributed by atoms with Crippen LogP contribution in [0, 0.1) is 13.8 Å². The van der Waals surface area contributed by atoms with E-state index in [-0.39, 0.29) is 0 Å². The molecule has 0 bridgehead atoms. The van der Waals surface area contributed by atoms with Crippen LogP contribution >= 0.6 is 0 Å². The predicted octanol–water partition coefficient (Wildman–Crippen LogP) is 3.83. The van der Waals surface area contributed by atoms with Crippen LogP contribution in [-0.2, 0) is 0 Å². The molecule has 1 aliphatic heterocycles. The third-order valence-electron chi connectivity index (χ3n) is 4.54. The molecule has 1 saturated heterocycles. The Bertz CT molecular complexity index is 406. The molecule has 1 aliphatic rings. The van der Waals surface area contributed by atoms with Gasteiger partial charge in [0.05, 0.1) is 0 Å². The van der Waals surface area contributed by atoms with Gasteiger partial charge in [-0.3, -0.25) is 0 Å². The van der Waals surface area contributed by atoms with Crippen molar-refractivity contribution >= 4 is 0 Å². The average molecular weight is 274 g/mol. The van der Waals surface area contributed by atoms with Gasteiger partial charge in [0.1, 0.15) is 0 Å². The fourth-order valence-electron chi connectivity index (χ4n) is 3.32. The van der Waals surface area contributed by atoms with Crippen molar-refractivity contribution in [2.24, 2.45) is 0 Å². The molecular weight excluding hydrogens is 244 g/mol. The molecule has 0 radical (unpaired) electrons. The molecule has 1 heterocycles. The van der Waals surface area contributed by atoms with E-state index in [1.807, 2.05) is 0 Å². The zero-order chi connectivity index (χ0) is 14.4. The number of hydrogen-bond acceptors (Lipinski definition) is 2. The van der Waals surface area contributed by atoms with Gasteiger partial charge in [-0.05, 0) is 58.0 Å². The number of benzene rings is 1. The lowest BCUT2D eigenvalue weighted by Gasteiger charge is -2.29. The quantitative estimate of drug-likeness (QED) is 0.897. The summed E-state index contributed by atoms with van der Waals surface area (Å²) in [5.41, 5.74) is 4.23. The van der Waals surface area contributed by atoms with Crippen molar-refractivity contribution in [3.05, 3.63) is 34.9 Å². The molecule has 0 saturated carbocycles. The molecule has 1 N–H and O–H groups in total. The molecule has 112 valence electrons. The minimum atomic E-state index is 0.454. The second-order valence-electron chi connectivity index (χ2n) is 6.27. The maximum absolute atomic E-state index is 3.52. The Morgan fingerprint density at radius 1 is 1.05 bits per heavy atom. The van der Waals surface area contributed by atoms with Crippen LogP contribution in [-0.4, -0.2) is 31.6 Å². The summed E-state index contributed by atoms with van der Waals surface area (Å²) in [5.74, 6) is 0. The van der Waals surface area contributed by atoms with Crippen LogP contribution in [0.1, 0.15) is 54.8 Å². The second kappa shape index (κ2) is 7.80. The topological polar surface area (TPSA) is 15.3 Å². The van der Waals surface area contributed by atoms with E-state index in [1.165, 1.54) is 61.9 Å². The van der Waals surface area contributed by atoms with E-state index in [0.717, 1.165) is 6.54 Å². The van der Waals surface area contributed by atoms with E-state index >= 15 is 0 Å². The Kier molecular flexibility index (Phi) is 6.06. The largest absolute Gasteiger partial charge is 0.312 e. The molecule has 1 aromatic carbocycles. The van der Waals surface area contributed by atoms with Crippen molar-refractivity contribution in [3.63, 3.8) is 0 Å². The van der Waals surface area contributed by atoms with Crippen molar-refractivity contribution in [1.29, 1.82) is 0 Å². The molecule has 1 unspecified atom stereocenters. The number of hydrogen-bond donors (Lipinski definition) is 1. The van der Waals surface area contributed by atoms with E-state index < -0.39 is 0 Å². The number of likely N-dealkylation sites (tertiary alicyclic amines) is 1. The number of nitrogens with zero attached hydrogens (tertiary/aromatic N) is 1. The maximum Gasteiger partial charge on any atom is 0.0449 e. The van der Waals surface area contributed by atoms with Gasteiger partial charge in [-0.25, -0.2) is 0 Å². The summed E-state index contributed by atoms with van der Waals surface area (Å²) in [5, 5.41) is 3.52. The van der Waals surface area contributed by atoms with Gasteiger partial charge in [0.2, 0.25) is 0 Å². The maximum atomic E-state index is 3.52. The zero-order valence-electron chi connectivity index (χ0n) is 13.4. The molecule has 2 nitrogen and oxygen atoms in total. The Balaban J connectivity index is 2.03. The second-order valence-corrected chi connectivity index (χ2v) is 6.27. The summed E-state index contributed by atoms with van der Waals surface area (Å²) in [6, 6.07) is 7.29. The van der Waals surface area contributed by atoms with Gasteiger partial charge < -0.3 is 10.2 Å². The van der Waals surface area contributed by atoms with Crippen LogP contribution in [0.2, 0.25) is 0 Å². The Morgan fingerprint density at radius 3 is 2.30 bits per heavy atom. The van der Waals surface area contributed by atoms with E-state index in [0.29, 0.717) is 6.04 Å². The predicted molar refractivity (Wildman–Crippen MR) is 87.2 cm³/mol. The molecule has 0 spiro atoms. The molecule has 2 heteroatoms. The van der Waals surface area contributed by atoms with E-state index in [2.05, 4.69) is 49.3 Å². The van der Waals surface area contributed by atoms with E-state index in [9.17, 15) is 0 Å². The molecule has 20 heavy (non-hydrogen) atoms. The van der Waals surface area contributed by atoms with Crippen molar-refractivity contribution in [1.82, 2.24) is 10.2 Å². The monoisotopic (exact) mass is 274 g/mol. The summed E-state index contributed by atoms with van der Waals surface area (Å²) < 4.78 is 0. The standard InChI is InChI=1S/C18H30N2/c1-15-9-10-17(16(2)13-15)18(19-3)14-20-11-7-5-4-6-8-12-20/h9-10,13,18-19H,4-8,11-12,14H2,1-3H3. The summed E-state index contributed by atoms with van der Waals surface area (Å²) >= 11 is 0. The fourth-order valence-corrected chi connectivity index (χ4v) is 3.32. The molecule has 0 amide bonds. The summed E-state index contributed by atoms with van der Waals surface area (Å²) in [4.78, 5) is 2.65. The van der Waals surface area contributed by atoms with E-state index in [4.69, 9.17) is 0 Å². The Labute approximate surface area is 124 Å². The van der Waals surface area contributed by atoms with Crippen molar-refractivity contribution < 1.29 is 0 Å². The average Bonchev–Trinajstić information content (AvgIpc) is 2.39.